The molecule has 17 heavy (non-hydrogen) atoms. The summed E-state index contributed by atoms with van der Waals surface area (Å²) >= 11 is 3.79. The molecule has 0 aromatic heterocycles. The fourth-order valence-corrected chi connectivity index (χ4v) is 3.32. The first-order valence-corrected chi connectivity index (χ1v) is 7.40. The molecule has 0 aliphatic carbocycles. The Balaban J connectivity index is 2.01. The van der Waals surface area contributed by atoms with Gasteiger partial charge in [-0.05, 0) is 38.3 Å². The van der Waals surface area contributed by atoms with E-state index in [0.717, 1.165) is 12.5 Å². The van der Waals surface area contributed by atoms with Gasteiger partial charge in [0.15, 0.2) is 0 Å². The number of rotatable bonds is 2. The number of aryl methyl sites for hydroxylation is 2. The van der Waals surface area contributed by atoms with E-state index in [1.54, 1.807) is 0 Å². The lowest BCUT2D eigenvalue weighted by Gasteiger charge is -2.34. The van der Waals surface area contributed by atoms with E-state index >= 15 is 0 Å². The smallest absolute Gasteiger partial charge is 0.0299 e. The zero-order chi connectivity index (χ0) is 12.4. The van der Waals surface area contributed by atoms with Crippen molar-refractivity contribution >= 4 is 15.9 Å². The second kappa shape index (κ2) is 5.53. The van der Waals surface area contributed by atoms with E-state index in [0.29, 0.717) is 4.83 Å². The molecule has 94 valence electrons. The standard InChI is InChI=1S/C15H22BrN/c1-11-6-12(2)8-14(7-11)9-17-5-4-13(3)15(16)10-17/h6-8,13,15H,4-5,9-10H2,1-3H3. The lowest BCUT2D eigenvalue weighted by Crippen LogP contribution is -2.39. The molecular formula is C15H22BrN. The number of hydrogen-bond donors (Lipinski definition) is 0. The van der Waals surface area contributed by atoms with Crippen molar-refractivity contribution in [2.45, 2.75) is 38.6 Å². The highest BCUT2D eigenvalue weighted by molar-refractivity contribution is 9.09. The van der Waals surface area contributed by atoms with Gasteiger partial charge in [-0.15, -0.1) is 0 Å². The minimum absolute atomic E-state index is 0.655. The Kier molecular flexibility index (Phi) is 4.26. The number of hydrogen-bond acceptors (Lipinski definition) is 1. The van der Waals surface area contributed by atoms with Gasteiger partial charge in [0.1, 0.15) is 0 Å². The van der Waals surface area contributed by atoms with Gasteiger partial charge in [-0.1, -0.05) is 52.2 Å². The molecule has 1 aliphatic heterocycles. The lowest BCUT2D eigenvalue weighted by atomic mass is 9.98. The van der Waals surface area contributed by atoms with E-state index in [9.17, 15) is 0 Å². The topological polar surface area (TPSA) is 3.24 Å². The molecule has 2 unspecified atom stereocenters. The van der Waals surface area contributed by atoms with Crippen molar-refractivity contribution in [3.05, 3.63) is 34.9 Å². The van der Waals surface area contributed by atoms with Crippen LogP contribution in [0.15, 0.2) is 18.2 Å². The van der Waals surface area contributed by atoms with E-state index in [-0.39, 0.29) is 0 Å². The summed E-state index contributed by atoms with van der Waals surface area (Å²) in [7, 11) is 0. The van der Waals surface area contributed by atoms with Crippen molar-refractivity contribution in [1.82, 2.24) is 4.90 Å². The molecule has 0 spiro atoms. The molecule has 1 aliphatic rings. The van der Waals surface area contributed by atoms with Gasteiger partial charge in [0.25, 0.3) is 0 Å². The fourth-order valence-electron chi connectivity index (χ4n) is 2.65. The molecular weight excluding hydrogens is 274 g/mol. The SMILES string of the molecule is Cc1cc(C)cc(CN2CCC(C)C(Br)C2)c1. The lowest BCUT2D eigenvalue weighted by molar-refractivity contribution is 0.194. The van der Waals surface area contributed by atoms with Crippen LogP contribution in [0.3, 0.4) is 0 Å². The van der Waals surface area contributed by atoms with Crippen molar-refractivity contribution in [3.63, 3.8) is 0 Å². The summed E-state index contributed by atoms with van der Waals surface area (Å²) in [5.41, 5.74) is 4.21. The van der Waals surface area contributed by atoms with Crippen LogP contribution in [0.1, 0.15) is 30.0 Å². The summed E-state index contributed by atoms with van der Waals surface area (Å²) in [4.78, 5) is 3.22. The van der Waals surface area contributed by atoms with Gasteiger partial charge in [0.05, 0.1) is 0 Å². The average Bonchev–Trinajstić information content (AvgIpc) is 2.22. The van der Waals surface area contributed by atoms with Crippen LogP contribution in [0.25, 0.3) is 0 Å². The molecule has 2 heteroatoms. The van der Waals surface area contributed by atoms with Crippen LogP contribution in [0.4, 0.5) is 0 Å². The van der Waals surface area contributed by atoms with Gasteiger partial charge in [0, 0.05) is 17.9 Å². The van der Waals surface area contributed by atoms with E-state index in [4.69, 9.17) is 0 Å². The molecule has 1 aromatic carbocycles. The Morgan fingerprint density at radius 2 is 1.88 bits per heavy atom. The molecule has 0 amide bonds. The highest BCUT2D eigenvalue weighted by Gasteiger charge is 2.23. The third-order valence-corrected chi connectivity index (χ3v) is 4.83. The first kappa shape index (κ1) is 13.1. The fraction of sp³-hybridized carbons (Fsp3) is 0.600. The minimum Gasteiger partial charge on any atom is -0.298 e. The molecule has 0 bridgehead atoms. The van der Waals surface area contributed by atoms with Gasteiger partial charge in [-0.25, -0.2) is 0 Å². The average molecular weight is 296 g/mol. The Labute approximate surface area is 113 Å². The first-order chi connectivity index (χ1) is 8.04. The second-order valence-electron chi connectivity index (χ2n) is 5.51. The number of nitrogens with zero attached hydrogens (tertiary/aromatic N) is 1. The molecule has 2 rings (SSSR count). The Morgan fingerprint density at radius 1 is 1.24 bits per heavy atom. The predicted molar refractivity (Wildman–Crippen MR) is 77.7 cm³/mol. The molecule has 1 heterocycles. The van der Waals surface area contributed by atoms with Crippen LogP contribution in [-0.2, 0) is 6.54 Å². The van der Waals surface area contributed by atoms with Gasteiger partial charge in [-0.3, -0.25) is 4.90 Å². The summed E-state index contributed by atoms with van der Waals surface area (Å²) < 4.78 is 0. The predicted octanol–water partition coefficient (Wildman–Crippen LogP) is 3.91. The molecule has 1 nitrogen and oxygen atoms in total. The first-order valence-electron chi connectivity index (χ1n) is 6.48. The Bertz CT molecular complexity index is 368. The highest BCUT2D eigenvalue weighted by Crippen LogP contribution is 2.24. The van der Waals surface area contributed by atoms with Gasteiger partial charge < -0.3 is 0 Å². The summed E-state index contributed by atoms with van der Waals surface area (Å²) in [5, 5.41) is 0. The van der Waals surface area contributed by atoms with Crippen LogP contribution in [0, 0.1) is 19.8 Å². The number of benzene rings is 1. The summed E-state index contributed by atoms with van der Waals surface area (Å²) in [6, 6.07) is 6.87. The van der Waals surface area contributed by atoms with E-state index in [1.165, 1.54) is 36.2 Å². The van der Waals surface area contributed by atoms with Crippen molar-refractivity contribution < 1.29 is 0 Å². The molecule has 0 N–H and O–H groups in total. The monoisotopic (exact) mass is 295 g/mol. The molecule has 1 aromatic rings. The van der Waals surface area contributed by atoms with Crippen LogP contribution in [-0.4, -0.2) is 22.8 Å². The van der Waals surface area contributed by atoms with Crippen LogP contribution < -0.4 is 0 Å². The third kappa shape index (κ3) is 3.56. The zero-order valence-electron chi connectivity index (χ0n) is 11.0. The third-order valence-electron chi connectivity index (χ3n) is 3.64. The largest absolute Gasteiger partial charge is 0.298 e. The maximum Gasteiger partial charge on any atom is 0.0299 e. The number of halogens is 1. The quantitative estimate of drug-likeness (QED) is 0.748. The van der Waals surface area contributed by atoms with E-state index in [1.807, 2.05) is 0 Å². The van der Waals surface area contributed by atoms with E-state index < -0.39 is 0 Å². The Morgan fingerprint density at radius 3 is 2.47 bits per heavy atom. The van der Waals surface area contributed by atoms with Crippen LogP contribution in [0.2, 0.25) is 0 Å². The summed E-state index contributed by atoms with van der Waals surface area (Å²) in [5.74, 6) is 0.811. The molecule has 2 atom stereocenters. The van der Waals surface area contributed by atoms with Crippen molar-refractivity contribution in [2.24, 2.45) is 5.92 Å². The Hall–Kier alpha value is -0.340. The minimum atomic E-state index is 0.655. The highest BCUT2D eigenvalue weighted by atomic mass is 79.9. The summed E-state index contributed by atoms with van der Waals surface area (Å²) in [6.45, 7) is 10.2. The van der Waals surface area contributed by atoms with Gasteiger partial charge in [0.2, 0.25) is 0 Å². The van der Waals surface area contributed by atoms with Crippen molar-refractivity contribution in [3.8, 4) is 0 Å². The molecule has 1 fully saturated rings. The van der Waals surface area contributed by atoms with Crippen molar-refractivity contribution in [1.29, 1.82) is 0 Å². The van der Waals surface area contributed by atoms with Crippen LogP contribution in [0.5, 0.6) is 0 Å². The number of alkyl halides is 1. The molecule has 0 saturated carbocycles. The maximum atomic E-state index is 3.79. The number of piperidine rings is 1. The van der Waals surface area contributed by atoms with E-state index in [2.05, 4.69) is 59.8 Å². The maximum absolute atomic E-state index is 3.79. The molecule has 1 saturated heterocycles. The summed E-state index contributed by atoms with van der Waals surface area (Å²) in [6.07, 6.45) is 1.31. The normalized spacial score (nSPS) is 26.1. The van der Waals surface area contributed by atoms with Crippen molar-refractivity contribution in [2.75, 3.05) is 13.1 Å². The van der Waals surface area contributed by atoms with Gasteiger partial charge >= 0.3 is 0 Å². The zero-order valence-corrected chi connectivity index (χ0v) is 12.6. The molecule has 0 radical (unpaired) electrons. The second-order valence-corrected chi connectivity index (χ2v) is 6.69. The van der Waals surface area contributed by atoms with Gasteiger partial charge in [-0.2, -0.15) is 0 Å². The number of likely N-dealkylation sites (tertiary alicyclic amines) is 1. The van der Waals surface area contributed by atoms with Crippen LogP contribution >= 0.6 is 15.9 Å².